The van der Waals surface area contributed by atoms with E-state index in [1.807, 2.05) is 41.3 Å². The molecule has 3 unspecified atom stereocenters. The van der Waals surface area contributed by atoms with Crippen molar-refractivity contribution in [2.45, 2.75) is 43.4 Å². The van der Waals surface area contributed by atoms with Crippen LogP contribution in [0.15, 0.2) is 139 Å². The highest BCUT2D eigenvalue weighted by atomic mass is 35.5. The van der Waals surface area contributed by atoms with Gasteiger partial charge in [-0.25, -0.2) is 13.2 Å². The number of amides is 2. The zero-order valence-corrected chi connectivity index (χ0v) is 35.1. The summed E-state index contributed by atoms with van der Waals surface area (Å²) in [5.41, 5.74) is 4.79. The molecule has 9 rings (SSSR count). The molecule has 3 heterocycles. The molecule has 0 aliphatic carbocycles. The van der Waals surface area contributed by atoms with E-state index in [1.54, 1.807) is 30.5 Å². The molecule has 15 heteroatoms. The molecular formula is C50H39ClF6N4O4. The van der Waals surface area contributed by atoms with Crippen molar-refractivity contribution in [2.75, 3.05) is 40.3 Å². The van der Waals surface area contributed by atoms with Gasteiger partial charge in [0.15, 0.2) is 5.76 Å². The number of nitrogens with zero attached hydrogens (tertiary/aromatic N) is 2. The van der Waals surface area contributed by atoms with E-state index < -0.39 is 52.8 Å². The number of carbonyl (C=O) groups excluding carboxylic acids is 2. The number of ether oxygens (including phenoxy) is 2. The lowest BCUT2D eigenvalue weighted by molar-refractivity contribution is -0.140. The van der Waals surface area contributed by atoms with Crippen LogP contribution in [0.4, 0.5) is 49.1 Å². The van der Waals surface area contributed by atoms with Crippen LogP contribution in [0.2, 0.25) is 5.02 Å². The second-order valence-corrected chi connectivity index (χ2v) is 16.4. The van der Waals surface area contributed by atoms with Crippen molar-refractivity contribution in [1.29, 1.82) is 0 Å². The SMILES string of the molecule is O=C(Nc1ccc2c(c1)CCN2Cc1ccc(C(F)(F)F)c(F)c1)C(c1ccc(F)cc1)C(C(=O)Nc1ccc2c(c1)CCN2C(C1=COCO1)c1ccccc1Cl)c1ccc(F)cc1. The predicted molar refractivity (Wildman–Crippen MR) is 235 cm³/mol. The molecule has 0 saturated carbocycles. The topological polar surface area (TPSA) is 83.1 Å². The van der Waals surface area contributed by atoms with Crippen LogP contribution in [0.25, 0.3) is 0 Å². The van der Waals surface area contributed by atoms with Crippen LogP contribution >= 0.6 is 11.6 Å². The number of benzene rings is 6. The van der Waals surface area contributed by atoms with Gasteiger partial charge in [0.2, 0.25) is 18.6 Å². The van der Waals surface area contributed by atoms with Crippen LogP contribution in [0, 0.1) is 17.5 Å². The van der Waals surface area contributed by atoms with Crippen LogP contribution in [0.1, 0.15) is 56.8 Å². The van der Waals surface area contributed by atoms with Gasteiger partial charge in [0.05, 0.1) is 17.4 Å². The van der Waals surface area contributed by atoms with E-state index in [4.69, 9.17) is 21.1 Å². The van der Waals surface area contributed by atoms with Crippen molar-refractivity contribution in [1.82, 2.24) is 0 Å². The molecule has 3 aliphatic heterocycles. The fourth-order valence-electron chi connectivity index (χ4n) is 8.93. The van der Waals surface area contributed by atoms with E-state index in [2.05, 4.69) is 15.5 Å². The molecule has 0 radical (unpaired) electrons. The lowest BCUT2D eigenvalue weighted by Crippen LogP contribution is -2.34. The molecule has 0 fully saturated rings. The Morgan fingerprint density at radius 2 is 1.28 bits per heavy atom. The Morgan fingerprint density at radius 3 is 1.85 bits per heavy atom. The predicted octanol–water partition coefficient (Wildman–Crippen LogP) is 11.4. The average Bonchev–Trinajstić information content (AvgIpc) is 4.05. The first-order chi connectivity index (χ1) is 31.3. The summed E-state index contributed by atoms with van der Waals surface area (Å²) in [5.74, 6) is -5.50. The fraction of sp³-hybridized carbons (Fsp3) is 0.200. The second-order valence-electron chi connectivity index (χ2n) is 16.0. The summed E-state index contributed by atoms with van der Waals surface area (Å²) in [7, 11) is 0. The molecule has 2 amide bonds. The molecule has 0 bridgehead atoms. The quantitative estimate of drug-likeness (QED) is 0.119. The fourth-order valence-corrected chi connectivity index (χ4v) is 9.17. The third-order valence-corrected chi connectivity index (χ3v) is 12.3. The number of halogens is 7. The first kappa shape index (κ1) is 43.3. The molecule has 0 saturated heterocycles. The second kappa shape index (κ2) is 17.9. The van der Waals surface area contributed by atoms with Crippen LogP contribution in [-0.4, -0.2) is 31.7 Å². The highest BCUT2D eigenvalue weighted by Gasteiger charge is 2.39. The third kappa shape index (κ3) is 9.08. The molecule has 6 aromatic rings. The van der Waals surface area contributed by atoms with E-state index in [-0.39, 0.29) is 19.4 Å². The molecule has 8 nitrogen and oxygen atoms in total. The smallest absolute Gasteiger partial charge is 0.419 e. The summed E-state index contributed by atoms with van der Waals surface area (Å²) >= 11 is 6.69. The van der Waals surface area contributed by atoms with E-state index in [9.17, 15) is 35.9 Å². The average molecular weight is 909 g/mol. The van der Waals surface area contributed by atoms with Crippen molar-refractivity contribution in [3.8, 4) is 0 Å². The van der Waals surface area contributed by atoms with E-state index >= 15 is 0 Å². The normalized spacial score (nSPS) is 15.6. The minimum absolute atomic E-state index is 0.0847. The van der Waals surface area contributed by atoms with Crippen molar-refractivity contribution in [2.24, 2.45) is 0 Å². The highest BCUT2D eigenvalue weighted by Crippen LogP contribution is 2.44. The lowest BCUT2D eigenvalue weighted by atomic mass is 9.79. The maximum Gasteiger partial charge on any atom is 0.419 e. The largest absolute Gasteiger partial charge is 0.462 e. The van der Waals surface area contributed by atoms with Crippen LogP contribution < -0.4 is 20.4 Å². The molecule has 65 heavy (non-hydrogen) atoms. The van der Waals surface area contributed by atoms with Gasteiger partial charge < -0.3 is 29.9 Å². The van der Waals surface area contributed by atoms with Gasteiger partial charge in [-0.1, -0.05) is 60.1 Å². The van der Waals surface area contributed by atoms with Gasteiger partial charge in [0.25, 0.3) is 0 Å². The van der Waals surface area contributed by atoms with Crippen LogP contribution in [0.5, 0.6) is 0 Å². The summed E-state index contributed by atoms with van der Waals surface area (Å²) < 4.78 is 93.9. The summed E-state index contributed by atoms with van der Waals surface area (Å²) in [6.07, 6.45) is -2.06. The van der Waals surface area contributed by atoms with Crippen molar-refractivity contribution >= 4 is 46.2 Å². The van der Waals surface area contributed by atoms with Gasteiger partial charge in [-0.05, 0) is 120 Å². The maximum absolute atomic E-state index is 14.7. The van der Waals surface area contributed by atoms with Gasteiger partial charge in [0, 0.05) is 53.0 Å². The molecule has 2 N–H and O–H groups in total. The minimum atomic E-state index is -4.81. The van der Waals surface area contributed by atoms with Crippen molar-refractivity contribution in [3.63, 3.8) is 0 Å². The van der Waals surface area contributed by atoms with Gasteiger partial charge in [-0.2, -0.15) is 13.2 Å². The summed E-state index contributed by atoms with van der Waals surface area (Å²) in [6, 6.07) is 31.2. The van der Waals surface area contributed by atoms with Crippen molar-refractivity contribution < 1.29 is 45.4 Å². The van der Waals surface area contributed by atoms with E-state index in [0.717, 1.165) is 40.2 Å². The Bertz CT molecular complexity index is 2800. The summed E-state index contributed by atoms with van der Waals surface area (Å²) in [5, 5.41) is 6.52. The molecule has 0 spiro atoms. The Morgan fingerprint density at radius 1 is 0.692 bits per heavy atom. The summed E-state index contributed by atoms with van der Waals surface area (Å²) in [4.78, 5) is 33.4. The van der Waals surface area contributed by atoms with Gasteiger partial charge in [0.1, 0.15) is 29.8 Å². The van der Waals surface area contributed by atoms with Gasteiger partial charge >= 0.3 is 6.18 Å². The molecule has 3 aliphatic rings. The number of nitrogens with one attached hydrogen (secondary N) is 2. The third-order valence-electron chi connectivity index (χ3n) is 12.0. The highest BCUT2D eigenvalue weighted by molar-refractivity contribution is 6.31. The Labute approximate surface area is 375 Å². The Balaban J connectivity index is 0.988. The Kier molecular flexibility index (Phi) is 11.9. The number of fused-ring (bicyclic) bond motifs is 2. The number of carbonyl (C=O) groups is 2. The van der Waals surface area contributed by atoms with E-state index in [1.165, 1.54) is 54.6 Å². The molecule has 3 atom stereocenters. The number of rotatable bonds is 12. The molecule has 6 aromatic carbocycles. The molecule has 332 valence electrons. The number of alkyl halides is 3. The number of anilines is 4. The standard InChI is InChI=1S/C50H39ClF6N4O4/c51-40-4-2-1-3-38(40)47(44-27-64-28-65-44)61-22-20-33-25-37(15-18-43(33)61)59-49(63)46(31-8-12-35(53)13-9-31)45(30-6-10-34(52)11-7-30)48(62)58-36-14-17-42-32(24-36)19-21-60(42)26-29-5-16-39(41(54)23-29)50(55,56)57/h1-18,23-25,27,45-47H,19-22,26,28H2,(H,58,62)(H,59,63). The first-order valence-electron chi connectivity index (χ1n) is 20.8. The van der Waals surface area contributed by atoms with Crippen LogP contribution in [-0.2, 0) is 44.6 Å². The zero-order valence-electron chi connectivity index (χ0n) is 34.3. The van der Waals surface area contributed by atoms with Gasteiger partial charge in [-0.3, -0.25) is 9.59 Å². The van der Waals surface area contributed by atoms with Crippen LogP contribution in [0.3, 0.4) is 0 Å². The lowest BCUT2D eigenvalue weighted by Gasteiger charge is -2.31. The monoisotopic (exact) mass is 908 g/mol. The molecule has 0 aromatic heterocycles. The summed E-state index contributed by atoms with van der Waals surface area (Å²) in [6.45, 7) is 1.34. The minimum Gasteiger partial charge on any atom is -0.462 e. The first-order valence-corrected chi connectivity index (χ1v) is 21.1. The number of hydrogen-bond acceptors (Lipinski definition) is 6. The zero-order chi connectivity index (χ0) is 45.4. The van der Waals surface area contributed by atoms with E-state index in [0.29, 0.717) is 64.8 Å². The number of hydrogen-bond donors (Lipinski definition) is 2. The molecular weight excluding hydrogens is 870 g/mol. The van der Waals surface area contributed by atoms with Gasteiger partial charge in [-0.15, -0.1) is 0 Å². The maximum atomic E-state index is 14.7. The Hall–Kier alpha value is -6.93. The van der Waals surface area contributed by atoms with Crippen molar-refractivity contribution in [3.05, 3.63) is 201 Å².